The summed E-state index contributed by atoms with van der Waals surface area (Å²) in [4.78, 5) is 13.5. The molecule has 96 valence electrons. The number of rotatable bonds is 4. The van der Waals surface area contributed by atoms with Crippen LogP contribution in [0.2, 0.25) is 5.02 Å². The molecule has 0 saturated carbocycles. The van der Waals surface area contributed by atoms with E-state index in [2.05, 4.69) is 15.8 Å². The lowest BCUT2D eigenvalue weighted by molar-refractivity contribution is 0.124. The van der Waals surface area contributed by atoms with Gasteiger partial charge in [0, 0.05) is 28.7 Å². The van der Waals surface area contributed by atoms with Crippen molar-refractivity contribution >= 4 is 28.6 Å². The number of nitrogens with one attached hydrogen (secondary N) is 3. The summed E-state index contributed by atoms with van der Waals surface area (Å²) in [5, 5.41) is 21.4. The van der Waals surface area contributed by atoms with E-state index in [0.29, 0.717) is 5.02 Å². The van der Waals surface area contributed by atoms with E-state index in [0.717, 1.165) is 16.5 Å². The summed E-state index contributed by atoms with van der Waals surface area (Å²) in [5.41, 5.74) is 3.68. The summed E-state index contributed by atoms with van der Waals surface area (Å²) in [6, 6.07) is 4.78. The predicted molar refractivity (Wildman–Crippen MR) is 67.0 cm³/mol. The molecule has 1 atom stereocenters. The second-order valence-corrected chi connectivity index (χ2v) is 4.24. The Bertz CT molecular complexity index is 570. The smallest absolute Gasteiger partial charge is 0.404 e. The Morgan fingerprint density at radius 3 is 2.94 bits per heavy atom. The number of H-pyrrole nitrogens is 1. The molecule has 0 radical (unpaired) electrons. The highest BCUT2D eigenvalue weighted by atomic mass is 35.5. The van der Waals surface area contributed by atoms with Gasteiger partial charge in [-0.1, -0.05) is 17.7 Å². The van der Waals surface area contributed by atoms with Gasteiger partial charge in [-0.15, -0.1) is 0 Å². The fourth-order valence-corrected chi connectivity index (χ4v) is 2.00. The number of benzene rings is 1. The number of fused-ring (bicyclic) bond motifs is 1. The quantitative estimate of drug-likeness (QED) is 0.549. The fraction of sp³-hybridized carbons (Fsp3) is 0.182. The zero-order valence-corrected chi connectivity index (χ0v) is 10.0. The molecule has 1 heterocycles. The third-order valence-corrected chi connectivity index (χ3v) is 2.90. The number of aromatic nitrogens is 1. The molecule has 5 N–H and O–H groups in total. The van der Waals surface area contributed by atoms with Crippen molar-refractivity contribution in [2.45, 2.75) is 6.04 Å². The molecule has 1 unspecified atom stereocenters. The molecule has 0 fully saturated rings. The van der Waals surface area contributed by atoms with Crippen LogP contribution in [0, 0.1) is 0 Å². The van der Waals surface area contributed by atoms with E-state index in [-0.39, 0.29) is 6.54 Å². The van der Waals surface area contributed by atoms with Crippen molar-refractivity contribution in [3.8, 4) is 0 Å². The van der Waals surface area contributed by atoms with Crippen LogP contribution in [0.1, 0.15) is 11.6 Å². The van der Waals surface area contributed by atoms with Gasteiger partial charge in [-0.2, -0.15) is 5.48 Å². The SMILES string of the molecule is O=C(O)NCC(NO)c1c[nH]c2cc(Cl)ccc12. The molecule has 0 spiro atoms. The molecule has 0 aliphatic carbocycles. The predicted octanol–water partition coefficient (Wildman–Crippen LogP) is 2.11. The number of carbonyl (C=O) groups is 1. The van der Waals surface area contributed by atoms with Crippen molar-refractivity contribution in [3.05, 3.63) is 35.0 Å². The van der Waals surface area contributed by atoms with Gasteiger partial charge in [-0.25, -0.2) is 4.79 Å². The molecular weight excluding hydrogens is 258 g/mol. The summed E-state index contributed by atoms with van der Waals surface area (Å²) >= 11 is 5.87. The van der Waals surface area contributed by atoms with Gasteiger partial charge in [-0.05, 0) is 17.7 Å². The van der Waals surface area contributed by atoms with E-state index in [1.54, 1.807) is 18.3 Å². The molecule has 0 bridgehead atoms. The molecule has 0 saturated heterocycles. The van der Waals surface area contributed by atoms with Gasteiger partial charge in [0.1, 0.15) is 0 Å². The van der Waals surface area contributed by atoms with Gasteiger partial charge < -0.3 is 20.6 Å². The highest BCUT2D eigenvalue weighted by Gasteiger charge is 2.15. The molecule has 0 aliphatic heterocycles. The van der Waals surface area contributed by atoms with E-state index in [9.17, 15) is 4.79 Å². The number of hydroxylamine groups is 1. The monoisotopic (exact) mass is 269 g/mol. The average Bonchev–Trinajstić information content (AvgIpc) is 2.73. The van der Waals surface area contributed by atoms with Gasteiger partial charge in [0.25, 0.3) is 0 Å². The first kappa shape index (κ1) is 12.7. The lowest BCUT2D eigenvalue weighted by Gasteiger charge is -2.14. The summed E-state index contributed by atoms with van der Waals surface area (Å²) < 4.78 is 0. The number of amides is 1. The van der Waals surface area contributed by atoms with E-state index in [4.69, 9.17) is 21.9 Å². The largest absolute Gasteiger partial charge is 0.465 e. The van der Waals surface area contributed by atoms with Crippen molar-refractivity contribution < 1.29 is 15.1 Å². The maximum atomic E-state index is 10.5. The highest BCUT2D eigenvalue weighted by Crippen LogP contribution is 2.26. The Kier molecular flexibility index (Phi) is 3.71. The molecular formula is C11H12ClN3O3. The van der Waals surface area contributed by atoms with Crippen molar-refractivity contribution in [2.75, 3.05) is 6.54 Å². The van der Waals surface area contributed by atoms with Crippen LogP contribution in [0.15, 0.2) is 24.4 Å². The van der Waals surface area contributed by atoms with Crippen LogP contribution >= 0.6 is 11.6 Å². The molecule has 2 aromatic rings. The fourth-order valence-electron chi connectivity index (χ4n) is 1.82. The van der Waals surface area contributed by atoms with Gasteiger partial charge >= 0.3 is 6.09 Å². The van der Waals surface area contributed by atoms with Crippen LogP contribution in [0.25, 0.3) is 10.9 Å². The normalized spacial score (nSPS) is 12.6. The van der Waals surface area contributed by atoms with Crippen molar-refractivity contribution in [2.24, 2.45) is 0 Å². The first-order valence-electron chi connectivity index (χ1n) is 5.24. The molecule has 1 aromatic carbocycles. The Balaban J connectivity index is 2.30. The molecule has 6 nitrogen and oxygen atoms in total. The van der Waals surface area contributed by atoms with E-state index in [1.165, 1.54) is 0 Å². The minimum absolute atomic E-state index is 0.0570. The third kappa shape index (κ3) is 2.56. The van der Waals surface area contributed by atoms with Gasteiger partial charge in [-0.3, -0.25) is 0 Å². The molecule has 1 aromatic heterocycles. The van der Waals surface area contributed by atoms with Crippen LogP contribution in [0.5, 0.6) is 0 Å². The topological polar surface area (TPSA) is 97.4 Å². The zero-order valence-electron chi connectivity index (χ0n) is 9.27. The highest BCUT2D eigenvalue weighted by molar-refractivity contribution is 6.31. The first-order valence-corrected chi connectivity index (χ1v) is 5.62. The van der Waals surface area contributed by atoms with Crippen molar-refractivity contribution in [1.82, 2.24) is 15.8 Å². The van der Waals surface area contributed by atoms with E-state index >= 15 is 0 Å². The lowest BCUT2D eigenvalue weighted by atomic mass is 10.1. The van der Waals surface area contributed by atoms with Crippen LogP contribution in [-0.4, -0.2) is 27.9 Å². The van der Waals surface area contributed by atoms with E-state index < -0.39 is 12.1 Å². The Morgan fingerprint density at radius 1 is 1.50 bits per heavy atom. The second kappa shape index (κ2) is 5.26. The Morgan fingerprint density at radius 2 is 2.28 bits per heavy atom. The minimum atomic E-state index is -1.14. The van der Waals surface area contributed by atoms with Crippen LogP contribution in [0.4, 0.5) is 4.79 Å². The Labute approximate surface area is 108 Å². The molecule has 7 heteroatoms. The van der Waals surface area contributed by atoms with Crippen LogP contribution in [-0.2, 0) is 0 Å². The van der Waals surface area contributed by atoms with Crippen molar-refractivity contribution in [1.29, 1.82) is 0 Å². The van der Waals surface area contributed by atoms with E-state index in [1.807, 2.05) is 6.07 Å². The number of hydrogen-bond donors (Lipinski definition) is 5. The van der Waals surface area contributed by atoms with Gasteiger partial charge in [0.15, 0.2) is 0 Å². The van der Waals surface area contributed by atoms with Crippen LogP contribution < -0.4 is 10.8 Å². The van der Waals surface area contributed by atoms with Gasteiger partial charge in [0.05, 0.1) is 6.04 Å². The van der Waals surface area contributed by atoms with Gasteiger partial charge in [0.2, 0.25) is 0 Å². The molecule has 18 heavy (non-hydrogen) atoms. The summed E-state index contributed by atoms with van der Waals surface area (Å²) in [6.07, 6.45) is 0.566. The summed E-state index contributed by atoms with van der Waals surface area (Å²) in [7, 11) is 0. The lowest BCUT2D eigenvalue weighted by Crippen LogP contribution is -2.32. The standard InChI is InChI=1S/C11H12ClN3O3/c12-6-1-2-7-8(4-13-9(7)3-6)10(15-18)5-14-11(16)17/h1-4,10,13-15,18H,5H2,(H,16,17). The summed E-state index contributed by atoms with van der Waals surface area (Å²) in [5.74, 6) is 0. The number of hydrogen-bond acceptors (Lipinski definition) is 3. The number of halogens is 1. The minimum Gasteiger partial charge on any atom is -0.465 e. The second-order valence-electron chi connectivity index (χ2n) is 3.80. The van der Waals surface area contributed by atoms with Crippen LogP contribution in [0.3, 0.4) is 0 Å². The maximum absolute atomic E-state index is 10.5. The first-order chi connectivity index (χ1) is 8.61. The molecule has 2 rings (SSSR count). The number of aromatic amines is 1. The average molecular weight is 270 g/mol. The zero-order chi connectivity index (χ0) is 13.1. The van der Waals surface area contributed by atoms with Crippen molar-refractivity contribution in [3.63, 3.8) is 0 Å². The number of carboxylic acid groups (broad SMARTS) is 1. The maximum Gasteiger partial charge on any atom is 0.404 e. The molecule has 0 aliphatic rings. The third-order valence-electron chi connectivity index (χ3n) is 2.66. The summed E-state index contributed by atoms with van der Waals surface area (Å²) in [6.45, 7) is 0.0570. The Hall–Kier alpha value is -1.76. The molecule has 1 amide bonds.